The Balaban J connectivity index is 3.28. The van der Waals surface area contributed by atoms with Gasteiger partial charge in [-0.3, -0.25) is 9.63 Å². The average Bonchev–Trinajstić information content (AvgIpc) is 1.98. The van der Waals surface area contributed by atoms with Gasteiger partial charge < -0.3 is 5.73 Å². The number of carbonyl (C=O) groups is 1. The molecule has 0 unspecified atom stereocenters. The smallest absolute Gasteiger partial charge is 0.245 e. The summed E-state index contributed by atoms with van der Waals surface area (Å²) in [6.45, 7) is 4.04. The van der Waals surface area contributed by atoms with Crippen molar-refractivity contribution in [1.29, 1.82) is 0 Å². The number of hydrogen-bond donors (Lipinski definition) is 2. The van der Waals surface area contributed by atoms with Crippen molar-refractivity contribution in [2.75, 3.05) is 6.61 Å². The first-order valence-electron chi connectivity index (χ1n) is 3.86. The lowest BCUT2D eigenvalue weighted by molar-refractivity contribution is -0.126. The molecule has 0 radical (unpaired) electrons. The third-order valence-electron chi connectivity index (χ3n) is 1.45. The van der Waals surface area contributed by atoms with Gasteiger partial charge in [-0.2, -0.15) is 5.48 Å². The highest BCUT2D eigenvalue weighted by Crippen LogP contribution is 1.94. The van der Waals surface area contributed by atoms with E-state index in [2.05, 4.69) is 19.3 Å². The van der Waals surface area contributed by atoms with E-state index in [0.29, 0.717) is 6.04 Å². The maximum atomic E-state index is 10.2. The van der Waals surface area contributed by atoms with E-state index in [4.69, 9.17) is 10.6 Å². The predicted octanol–water partition coefficient (Wildman–Crippen LogP) is 0.182. The predicted molar refractivity (Wildman–Crippen MR) is 42.7 cm³/mol. The van der Waals surface area contributed by atoms with Crippen molar-refractivity contribution in [2.24, 2.45) is 5.73 Å². The highest BCUT2D eigenvalue weighted by Gasteiger charge is 2.02. The van der Waals surface area contributed by atoms with Crippen molar-refractivity contribution in [2.45, 2.75) is 32.7 Å². The van der Waals surface area contributed by atoms with Crippen molar-refractivity contribution < 1.29 is 9.63 Å². The maximum Gasteiger partial charge on any atom is 0.245 e. The summed E-state index contributed by atoms with van der Waals surface area (Å²) in [4.78, 5) is 15.0. The van der Waals surface area contributed by atoms with Crippen LogP contribution in [0.3, 0.4) is 0 Å². The zero-order chi connectivity index (χ0) is 8.69. The van der Waals surface area contributed by atoms with Crippen molar-refractivity contribution in [3.63, 3.8) is 0 Å². The first-order valence-corrected chi connectivity index (χ1v) is 3.86. The van der Waals surface area contributed by atoms with Crippen molar-refractivity contribution in [1.82, 2.24) is 5.48 Å². The van der Waals surface area contributed by atoms with Gasteiger partial charge in [0.15, 0.2) is 0 Å². The number of nitrogens with one attached hydrogen (secondary N) is 1. The number of nitrogens with two attached hydrogens (primary N) is 1. The number of primary amides is 1. The first kappa shape index (κ1) is 10.4. The first-order chi connectivity index (χ1) is 5.20. The fourth-order valence-corrected chi connectivity index (χ4v) is 0.686. The van der Waals surface area contributed by atoms with E-state index in [9.17, 15) is 4.79 Å². The Kier molecular flexibility index (Phi) is 5.78. The van der Waals surface area contributed by atoms with Crippen LogP contribution in [0, 0.1) is 0 Å². The van der Waals surface area contributed by atoms with Crippen molar-refractivity contribution in [3.05, 3.63) is 0 Å². The molecule has 11 heavy (non-hydrogen) atoms. The van der Waals surface area contributed by atoms with Crippen LogP contribution >= 0.6 is 0 Å². The molecule has 0 heterocycles. The molecular weight excluding hydrogens is 144 g/mol. The van der Waals surface area contributed by atoms with Gasteiger partial charge in [0.25, 0.3) is 0 Å². The molecule has 0 aromatic rings. The summed E-state index contributed by atoms with van der Waals surface area (Å²) in [6, 6.07) is 0.314. The molecule has 0 spiro atoms. The van der Waals surface area contributed by atoms with Crippen LogP contribution in [-0.4, -0.2) is 18.6 Å². The largest absolute Gasteiger partial charge is 0.368 e. The Hall–Kier alpha value is -0.610. The van der Waals surface area contributed by atoms with Crippen LogP contribution in [0.2, 0.25) is 0 Å². The van der Waals surface area contributed by atoms with Gasteiger partial charge in [0.1, 0.15) is 6.61 Å². The van der Waals surface area contributed by atoms with Gasteiger partial charge in [-0.15, -0.1) is 0 Å². The average molecular weight is 160 g/mol. The number of hydrogen-bond acceptors (Lipinski definition) is 3. The highest BCUT2D eigenvalue weighted by molar-refractivity contribution is 5.74. The molecule has 4 heteroatoms. The molecule has 4 nitrogen and oxygen atoms in total. The van der Waals surface area contributed by atoms with E-state index in [0.717, 1.165) is 12.8 Å². The van der Waals surface area contributed by atoms with Gasteiger partial charge in [0.05, 0.1) is 0 Å². The molecule has 0 aliphatic heterocycles. The van der Waals surface area contributed by atoms with Crippen LogP contribution in [0.1, 0.15) is 26.7 Å². The summed E-state index contributed by atoms with van der Waals surface area (Å²) in [5, 5.41) is 0. The summed E-state index contributed by atoms with van der Waals surface area (Å²) in [5.74, 6) is -0.455. The van der Waals surface area contributed by atoms with Gasteiger partial charge in [-0.05, 0) is 12.8 Å². The van der Waals surface area contributed by atoms with Crippen LogP contribution in [0.15, 0.2) is 0 Å². The lowest BCUT2D eigenvalue weighted by Gasteiger charge is -2.12. The second kappa shape index (κ2) is 6.12. The van der Waals surface area contributed by atoms with Crippen LogP contribution < -0.4 is 11.2 Å². The molecular formula is C7H16N2O2. The summed E-state index contributed by atoms with van der Waals surface area (Å²) >= 11 is 0. The Labute approximate surface area is 67.0 Å². The molecule has 1 amide bonds. The Bertz CT molecular complexity index is 113. The highest BCUT2D eigenvalue weighted by atomic mass is 16.6. The molecule has 0 aliphatic rings. The zero-order valence-electron chi connectivity index (χ0n) is 7.09. The molecule has 0 aromatic carbocycles. The summed E-state index contributed by atoms with van der Waals surface area (Å²) in [5.41, 5.74) is 7.61. The Morgan fingerprint density at radius 3 is 2.45 bits per heavy atom. The number of hydroxylamine groups is 1. The molecule has 0 saturated heterocycles. The Morgan fingerprint density at radius 2 is 2.09 bits per heavy atom. The van der Waals surface area contributed by atoms with E-state index in [-0.39, 0.29) is 6.61 Å². The molecule has 3 N–H and O–H groups in total. The van der Waals surface area contributed by atoms with Crippen LogP contribution in [0.4, 0.5) is 0 Å². The lowest BCUT2D eigenvalue weighted by atomic mass is 10.2. The minimum absolute atomic E-state index is 0.0590. The molecule has 0 saturated carbocycles. The van der Waals surface area contributed by atoms with E-state index in [1.165, 1.54) is 0 Å². The summed E-state index contributed by atoms with van der Waals surface area (Å²) in [7, 11) is 0. The number of carbonyl (C=O) groups excluding carboxylic acids is 1. The third-order valence-corrected chi connectivity index (χ3v) is 1.45. The van der Waals surface area contributed by atoms with E-state index >= 15 is 0 Å². The fourth-order valence-electron chi connectivity index (χ4n) is 0.686. The van der Waals surface area contributed by atoms with Crippen LogP contribution in [-0.2, 0) is 9.63 Å². The van der Waals surface area contributed by atoms with Gasteiger partial charge in [0, 0.05) is 6.04 Å². The minimum Gasteiger partial charge on any atom is -0.368 e. The zero-order valence-corrected chi connectivity index (χ0v) is 7.09. The minimum atomic E-state index is -0.455. The molecule has 0 bridgehead atoms. The fraction of sp³-hybridized carbons (Fsp3) is 0.857. The van der Waals surface area contributed by atoms with E-state index in [1.54, 1.807) is 0 Å². The van der Waals surface area contributed by atoms with Gasteiger partial charge in [0.2, 0.25) is 5.91 Å². The summed E-state index contributed by atoms with van der Waals surface area (Å²) < 4.78 is 0. The topological polar surface area (TPSA) is 64.3 Å². The SMILES string of the molecule is CCC(CC)NOCC(N)=O. The molecule has 0 aliphatic carbocycles. The van der Waals surface area contributed by atoms with Gasteiger partial charge in [-0.1, -0.05) is 13.8 Å². The number of rotatable bonds is 6. The monoisotopic (exact) mass is 160 g/mol. The number of amides is 1. The summed E-state index contributed by atoms with van der Waals surface area (Å²) in [6.07, 6.45) is 1.96. The normalized spacial score (nSPS) is 10.5. The maximum absolute atomic E-state index is 10.2. The second-order valence-electron chi connectivity index (χ2n) is 2.39. The van der Waals surface area contributed by atoms with Crippen LogP contribution in [0.5, 0.6) is 0 Å². The molecule has 0 aromatic heterocycles. The third kappa shape index (κ3) is 5.82. The van der Waals surface area contributed by atoms with Crippen LogP contribution in [0.25, 0.3) is 0 Å². The standard InChI is InChI=1S/C7H16N2O2/c1-3-6(4-2)9-11-5-7(8)10/h6,9H,3-5H2,1-2H3,(H2,8,10). The van der Waals surface area contributed by atoms with E-state index in [1.807, 2.05) is 0 Å². The Morgan fingerprint density at radius 1 is 1.55 bits per heavy atom. The molecule has 0 fully saturated rings. The molecule has 0 atom stereocenters. The second-order valence-corrected chi connectivity index (χ2v) is 2.39. The van der Waals surface area contributed by atoms with Crippen molar-refractivity contribution >= 4 is 5.91 Å². The quantitative estimate of drug-likeness (QED) is 0.545. The van der Waals surface area contributed by atoms with Gasteiger partial charge >= 0.3 is 0 Å². The lowest BCUT2D eigenvalue weighted by Crippen LogP contribution is -2.31. The molecule has 0 rings (SSSR count). The van der Waals surface area contributed by atoms with Gasteiger partial charge in [-0.25, -0.2) is 0 Å². The van der Waals surface area contributed by atoms with Crippen molar-refractivity contribution in [3.8, 4) is 0 Å². The van der Waals surface area contributed by atoms with E-state index < -0.39 is 5.91 Å². The molecule has 66 valence electrons.